The lowest BCUT2D eigenvalue weighted by molar-refractivity contribution is 0.705. The van der Waals surface area contributed by atoms with Crippen LogP contribution in [0.1, 0.15) is 42.3 Å². The summed E-state index contributed by atoms with van der Waals surface area (Å²) < 4.78 is 0. The van der Waals surface area contributed by atoms with Crippen LogP contribution in [0.5, 0.6) is 0 Å². The molecule has 136 valence electrons. The van der Waals surface area contributed by atoms with E-state index in [2.05, 4.69) is 30.7 Å². The molecule has 0 amide bonds. The molecule has 1 fully saturated rings. The molecule has 27 heavy (non-hydrogen) atoms. The topological polar surface area (TPSA) is 92.3 Å². The lowest BCUT2D eigenvalue weighted by Gasteiger charge is -2.05. The second kappa shape index (κ2) is 6.70. The van der Waals surface area contributed by atoms with Crippen molar-refractivity contribution in [3.63, 3.8) is 0 Å². The molecule has 4 aromatic rings. The minimum Gasteiger partial charge on any atom is -0.315 e. The number of fused-ring (bicyclic) bond motifs is 1. The van der Waals surface area contributed by atoms with Crippen LogP contribution in [0.25, 0.3) is 22.2 Å². The lowest BCUT2D eigenvalue weighted by atomic mass is 10.1. The van der Waals surface area contributed by atoms with Gasteiger partial charge in [-0.3, -0.25) is 10.1 Å². The fraction of sp³-hybridized carbons (Fsp3) is 0.316. The maximum Gasteiger partial charge on any atom is 0.211 e. The summed E-state index contributed by atoms with van der Waals surface area (Å²) in [5.74, 6) is 1.33. The molecule has 0 unspecified atom stereocenters. The van der Waals surface area contributed by atoms with Crippen molar-refractivity contribution in [2.24, 2.45) is 0 Å². The normalized spacial score (nSPS) is 14.9. The summed E-state index contributed by atoms with van der Waals surface area (Å²) in [6, 6.07) is 5.93. The number of nitrogens with one attached hydrogen (secondary N) is 2. The molecular weight excluding hydrogens is 358 g/mol. The number of pyridine rings is 2. The Labute approximate surface area is 160 Å². The van der Waals surface area contributed by atoms with Crippen LogP contribution in [-0.4, -0.2) is 30.4 Å². The van der Waals surface area contributed by atoms with Crippen molar-refractivity contribution in [2.75, 3.05) is 5.32 Å². The fourth-order valence-electron chi connectivity index (χ4n) is 3.60. The van der Waals surface area contributed by atoms with Crippen LogP contribution in [0, 0.1) is 6.92 Å². The molecule has 0 bridgehead atoms. The van der Waals surface area contributed by atoms with Crippen molar-refractivity contribution in [3.05, 3.63) is 41.3 Å². The predicted molar refractivity (Wildman–Crippen MR) is 106 cm³/mol. The smallest absolute Gasteiger partial charge is 0.211 e. The third-order valence-electron chi connectivity index (χ3n) is 5.06. The molecule has 0 saturated heterocycles. The van der Waals surface area contributed by atoms with E-state index in [4.69, 9.17) is 4.98 Å². The van der Waals surface area contributed by atoms with Crippen LogP contribution in [0.15, 0.2) is 30.6 Å². The summed E-state index contributed by atoms with van der Waals surface area (Å²) >= 11 is 1.63. The van der Waals surface area contributed by atoms with Crippen LogP contribution in [0.4, 0.5) is 10.9 Å². The van der Waals surface area contributed by atoms with E-state index >= 15 is 0 Å². The zero-order valence-corrected chi connectivity index (χ0v) is 15.8. The maximum absolute atomic E-state index is 4.71. The second-order valence-electron chi connectivity index (χ2n) is 6.92. The van der Waals surface area contributed by atoms with E-state index in [0.29, 0.717) is 5.92 Å². The van der Waals surface area contributed by atoms with Crippen molar-refractivity contribution in [3.8, 4) is 11.1 Å². The number of aryl methyl sites for hydroxylation is 1. The van der Waals surface area contributed by atoms with Gasteiger partial charge in [0, 0.05) is 28.9 Å². The van der Waals surface area contributed by atoms with Gasteiger partial charge in [0.25, 0.3) is 0 Å². The number of hydrogen-bond acceptors (Lipinski definition) is 7. The summed E-state index contributed by atoms with van der Waals surface area (Å²) in [5, 5.41) is 20.9. The van der Waals surface area contributed by atoms with Gasteiger partial charge in [-0.2, -0.15) is 5.10 Å². The van der Waals surface area contributed by atoms with Crippen LogP contribution >= 0.6 is 11.3 Å². The van der Waals surface area contributed by atoms with E-state index < -0.39 is 0 Å². The minimum atomic E-state index is 0.576. The van der Waals surface area contributed by atoms with E-state index in [1.165, 1.54) is 25.7 Å². The number of aromatic nitrogens is 6. The van der Waals surface area contributed by atoms with Crippen LogP contribution in [0.3, 0.4) is 0 Å². The summed E-state index contributed by atoms with van der Waals surface area (Å²) in [6.45, 7) is 2.00. The zero-order chi connectivity index (χ0) is 18.2. The second-order valence-corrected chi connectivity index (χ2v) is 7.93. The van der Waals surface area contributed by atoms with E-state index in [-0.39, 0.29) is 0 Å². The van der Waals surface area contributed by atoms with Crippen molar-refractivity contribution < 1.29 is 0 Å². The van der Waals surface area contributed by atoms with Gasteiger partial charge >= 0.3 is 0 Å². The molecule has 2 N–H and O–H groups in total. The van der Waals surface area contributed by atoms with Crippen molar-refractivity contribution in [1.82, 2.24) is 30.4 Å². The van der Waals surface area contributed by atoms with Crippen molar-refractivity contribution >= 4 is 33.3 Å². The molecule has 0 aromatic carbocycles. The first-order chi connectivity index (χ1) is 13.3. The molecule has 0 aliphatic heterocycles. The molecule has 8 heteroatoms. The largest absolute Gasteiger partial charge is 0.315 e. The molecule has 0 radical (unpaired) electrons. The molecule has 4 heterocycles. The highest BCUT2D eigenvalue weighted by molar-refractivity contribution is 7.15. The molecule has 0 spiro atoms. The highest BCUT2D eigenvalue weighted by Crippen LogP contribution is 2.37. The molecular formula is C19H19N7S. The highest BCUT2D eigenvalue weighted by atomic mass is 32.1. The summed E-state index contributed by atoms with van der Waals surface area (Å²) in [4.78, 5) is 9.24. The number of anilines is 2. The highest BCUT2D eigenvalue weighted by Gasteiger charge is 2.21. The Bertz CT molecular complexity index is 1090. The van der Waals surface area contributed by atoms with Gasteiger partial charge < -0.3 is 5.32 Å². The first kappa shape index (κ1) is 16.3. The standard InChI is InChI=1S/C19H19N7S/c1-11-14(10-21-24-11)13-8-16-15(20-9-13)6-7-17(22-16)23-19-26-25-18(27-19)12-4-2-3-5-12/h6-10,12H,2-5H2,1H3,(H,21,24)(H,22,23,26). The van der Waals surface area contributed by atoms with Gasteiger partial charge in [-0.15, -0.1) is 10.2 Å². The van der Waals surface area contributed by atoms with E-state index in [9.17, 15) is 0 Å². The fourth-order valence-corrected chi connectivity index (χ4v) is 4.52. The zero-order valence-electron chi connectivity index (χ0n) is 14.9. The summed E-state index contributed by atoms with van der Waals surface area (Å²) in [7, 11) is 0. The first-order valence-corrected chi connectivity index (χ1v) is 9.95. The Morgan fingerprint density at radius 3 is 2.81 bits per heavy atom. The Morgan fingerprint density at radius 2 is 2.00 bits per heavy atom. The number of aromatic amines is 1. The van der Waals surface area contributed by atoms with E-state index in [0.717, 1.165) is 43.8 Å². The van der Waals surface area contributed by atoms with Gasteiger partial charge in [0.15, 0.2) is 0 Å². The van der Waals surface area contributed by atoms with Crippen molar-refractivity contribution in [2.45, 2.75) is 38.5 Å². The van der Waals surface area contributed by atoms with Crippen LogP contribution < -0.4 is 5.32 Å². The number of nitrogens with zero attached hydrogens (tertiary/aromatic N) is 5. The summed E-state index contributed by atoms with van der Waals surface area (Å²) in [5.41, 5.74) is 4.74. The quantitative estimate of drug-likeness (QED) is 0.541. The Hall–Kier alpha value is -2.87. The number of H-pyrrole nitrogens is 1. The molecule has 1 aliphatic rings. The van der Waals surface area contributed by atoms with Gasteiger partial charge in [0.2, 0.25) is 5.13 Å². The van der Waals surface area contributed by atoms with Gasteiger partial charge in [-0.05, 0) is 38.0 Å². The molecule has 7 nitrogen and oxygen atoms in total. The van der Waals surface area contributed by atoms with Gasteiger partial charge in [-0.1, -0.05) is 24.2 Å². The molecule has 4 aromatic heterocycles. The average molecular weight is 377 g/mol. The maximum atomic E-state index is 4.71. The third-order valence-corrected chi connectivity index (χ3v) is 6.06. The molecule has 1 aliphatic carbocycles. The summed E-state index contributed by atoms with van der Waals surface area (Å²) in [6.07, 6.45) is 8.71. The van der Waals surface area contributed by atoms with Gasteiger partial charge in [0.05, 0.1) is 17.2 Å². The average Bonchev–Trinajstić information content (AvgIpc) is 3.42. The first-order valence-electron chi connectivity index (χ1n) is 9.14. The predicted octanol–water partition coefficient (Wildman–Crippen LogP) is 4.58. The SMILES string of the molecule is Cc1[nH]ncc1-c1cnc2ccc(Nc3nnc(C4CCCC4)s3)nc2c1. The molecule has 0 atom stereocenters. The monoisotopic (exact) mass is 377 g/mol. The Kier molecular flexibility index (Phi) is 4.05. The van der Waals surface area contributed by atoms with E-state index in [1.807, 2.05) is 37.5 Å². The van der Waals surface area contributed by atoms with Crippen molar-refractivity contribution in [1.29, 1.82) is 0 Å². The number of rotatable bonds is 4. The van der Waals surface area contributed by atoms with Gasteiger partial charge in [-0.25, -0.2) is 4.98 Å². The lowest BCUT2D eigenvalue weighted by Crippen LogP contribution is -1.94. The number of hydrogen-bond donors (Lipinski definition) is 2. The minimum absolute atomic E-state index is 0.576. The van der Waals surface area contributed by atoms with Crippen LogP contribution in [0.2, 0.25) is 0 Å². The van der Waals surface area contributed by atoms with E-state index in [1.54, 1.807) is 11.3 Å². The Balaban J connectivity index is 1.42. The molecule has 1 saturated carbocycles. The van der Waals surface area contributed by atoms with Crippen LogP contribution in [-0.2, 0) is 0 Å². The third kappa shape index (κ3) is 3.16. The Morgan fingerprint density at radius 1 is 1.11 bits per heavy atom. The van der Waals surface area contributed by atoms with Gasteiger partial charge in [0.1, 0.15) is 10.8 Å². The molecule has 5 rings (SSSR count).